The minimum atomic E-state index is 0.613. The first kappa shape index (κ1) is 20.0. The van der Waals surface area contributed by atoms with E-state index in [1.165, 1.54) is 5.56 Å². The molecule has 7 heteroatoms. The van der Waals surface area contributed by atoms with E-state index in [0.717, 1.165) is 39.7 Å². The molecule has 0 radical (unpaired) electrons. The zero-order valence-corrected chi connectivity index (χ0v) is 18.0. The van der Waals surface area contributed by atoms with Crippen LogP contribution < -0.4 is 5.32 Å². The number of aromatic nitrogens is 5. The highest BCUT2D eigenvalue weighted by atomic mass is 35.5. The van der Waals surface area contributed by atoms with Crippen molar-refractivity contribution in [1.82, 2.24) is 25.1 Å². The molecule has 3 aromatic heterocycles. The SMILES string of the molecule is Clc1ccc(-c2n[nH]c(Cc3c[nH]c(NCc4ccccc4)n3)c2-c2ccncc2)cc1. The van der Waals surface area contributed by atoms with Crippen LogP contribution in [0.4, 0.5) is 5.95 Å². The van der Waals surface area contributed by atoms with Gasteiger partial charge in [-0.05, 0) is 35.4 Å². The fourth-order valence-corrected chi connectivity index (χ4v) is 3.78. The molecule has 0 aliphatic heterocycles. The average Bonchev–Trinajstić information content (AvgIpc) is 3.47. The van der Waals surface area contributed by atoms with Crippen LogP contribution in [0.1, 0.15) is 17.0 Å². The lowest BCUT2D eigenvalue weighted by Gasteiger charge is -2.06. The van der Waals surface area contributed by atoms with Crippen molar-refractivity contribution in [3.63, 3.8) is 0 Å². The molecule has 5 rings (SSSR count). The van der Waals surface area contributed by atoms with Crippen molar-refractivity contribution in [2.75, 3.05) is 5.32 Å². The molecule has 0 atom stereocenters. The molecule has 2 aromatic carbocycles. The van der Waals surface area contributed by atoms with Crippen LogP contribution in [-0.2, 0) is 13.0 Å². The van der Waals surface area contributed by atoms with Crippen LogP contribution in [0.25, 0.3) is 22.4 Å². The van der Waals surface area contributed by atoms with Gasteiger partial charge in [-0.15, -0.1) is 0 Å². The number of nitrogens with zero attached hydrogens (tertiary/aromatic N) is 3. The Kier molecular flexibility index (Phi) is 5.68. The number of halogens is 1. The Morgan fingerprint density at radius 1 is 0.875 bits per heavy atom. The van der Waals surface area contributed by atoms with Crippen LogP contribution in [0.2, 0.25) is 5.02 Å². The highest BCUT2D eigenvalue weighted by Gasteiger charge is 2.18. The summed E-state index contributed by atoms with van der Waals surface area (Å²) in [6, 6.07) is 21.9. The Hall–Kier alpha value is -3.90. The minimum Gasteiger partial charge on any atom is -0.352 e. The molecule has 0 bridgehead atoms. The summed E-state index contributed by atoms with van der Waals surface area (Å²) in [6.07, 6.45) is 6.12. The topological polar surface area (TPSA) is 82.3 Å². The number of hydrogen-bond acceptors (Lipinski definition) is 4. The summed E-state index contributed by atoms with van der Waals surface area (Å²) >= 11 is 6.08. The molecule has 0 amide bonds. The van der Waals surface area contributed by atoms with Gasteiger partial charge in [-0.1, -0.05) is 54.1 Å². The number of benzene rings is 2. The highest BCUT2D eigenvalue weighted by Crippen LogP contribution is 2.34. The fourth-order valence-electron chi connectivity index (χ4n) is 3.66. The molecule has 0 saturated heterocycles. The Balaban J connectivity index is 1.41. The third-order valence-corrected chi connectivity index (χ3v) is 5.47. The summed E-state index contributed by atoms with van der Waals surface area (Å²) in [4.78, 5) is 12.1. The van der Waals surface area contributed by atoms with Crippen molar-refractivity contribution in [2.24, 2.45) is 0 Å². The Labute approximate surface area is 190 Å². The number of anilines is 1. The summed E-state index contributed by atoms with van der Waals surface area (Å²) in [5.74, 6) is 0.742. The molecular weight excluding hydrogens is 420 g/mol. The van der Waals surface area contributed by atoms with Gasteiger partial charge in [0.15, 0.2) is 0 Å². The fraction of sp³-hybridized carbons (Fsp3) is 0.0800. The van der Waals surface area contributed by atoms with Crippen molar-refractivity contribution < 1.29 is 0 Å². The van der Waals surface area contributed by atoms with E-state index in [9.17, 15) is 0 Å². The number of H-pyrrole nitrogens is 2. The number of imidazole rings is 1. The normalized spacial score (nSPS) is 10.9. The van der Waals surface area contributed by atoms with Crippen LogP contribution in [0.3, 0.4) is 0 Å². The number of hydrogen-bond donors (Lipinski definition) is 3. The van der Waals surface area contributed by atoms with Crippen molar-refractivity contribution in [3.8, 4) is 22.4 Å². The molecule has 32 heavy (non-hydrogen) atoms. The van der Waals surface area contributed by atoms with E-state index < -0.39 is 0 Å². The van der Waals surface area contributed by atoms with Crippen LogP contribution in [0, 0.1) is 0 Å². The number of aromatic amines is 2. The first-order valence-electron chi connectivity index (χ1n) is 10.3. The summed E-state index contributed by atoms with van der Waals surface area (Å²) in [5.41, 5.74) is 7.07. The summed E-state index contributed by atoms with van der Waals surface area (Å²) in [7, 11) is 0. The maximum Gasteiger partial charge on any atom is 0.200 e. The first-order chi connectivity index (χ1) is 15.8. The molecule has 0 aliphatic carbocycles. The van der Waals surface area contributed by atoms with E-state index in [0.29, 0.717) is 18.0 Å². The van der Waals surface area contributed by atoms with Crippen molar-refractivity contribution in [3.05, 3.63) is 107 Å². The molecule has 0 aliphatic rings. The summed E-state index contributed by atoms with van der Waals surface area (Å²) in [5, 5.41) is 11.9. The van der Waals surface area contributed by atoms with Gasteiger partial charge in [-0.2, -0.15) is 5.10 Å². The van der Waals surface area contributed by atoms with Gasteiger partial charge in [-0.25, -0.2) is 4.98 Å². The number of nitrogens with one attached hydrogen (secondary N) is 3. The smallest absolute Gasteiger partial charge is 0.200 e. The van der Waals surface area contributed by atoms with E-state index in [-0.39, 0.29) is 0 Å². The summed E-state index contributed by atoms with van der Waals surface area (Å²) in [6.45, 7) is 0.709. The van der Waals surface area contributed by atoms with Gasteiger partial charge in [0.1, 0.15) is 5.69 Å². The van der Waals surface area contributed by atoms with Gasteiger partial charge in [0.25, 0.3) is 0 Å². The highest BCUT2D eigenvalue weighted by molar-refractivity contribution is 6.30. The minimum absolute atomic E-state index is 0.613. The van der Waals surface area contributed by atoms with E-state index in [1.54, 1.807) is 12.4 Å². The van der Waals surface area contributed by atoms with Crippen LogP contribution >= 0.6 is 11.6 Å². The van der Waals surface area contributed by atoms with Crippen molar-refractivity contribution in [1.29, 1.82) is 0 Å². The predicted octanol–water partition coefficient (Wildman–Crippen LogP) is 5.72. The molecule has 3 heterocycles. The van der Waals surface area contributed by atoms with E-state index >= 15 is 0 Å². The van der Waals surface area contributed by atoms with Crippen molar-refractivity contribution >= 4 is 17.5 Å². The molecule has 158 valence electrons. The molecule has 5 aromatic rings. The van der Waals surface area contributed by atoms with Crippen LogP contribution in [0.5, 0.6) is 0 Å². The molecule has 0 unspecified atom stereocenters. The van der Waals surface area contributed by atoms with E-state index in [4.69, 9.17) is 16.6 Å². The lowest BCUT2D eigenvalue weighted by molar-refractivity contribution is 0.977. The summed E-state index contributed by atoms with van der Waals surface area (Å²) < 4.78 is 0. The third-order valence-electron chi connectivity index (χ3n) is 5.22. The average molecular weight is 441 g/mol. The van der Waals surface area contributed by atoms with Crippen LogP contribution in [0.15, 0.2) is 85.3 Å². The largest absolute Gasteiger partial charge is 0.352 e. The monoisotopic (exact) mass is 440 g/mol. The lowest BCUT2D eigenvalue weighted by atomic mass is 9.98. The quantitative estimate of drug-likeness (QED) is 0.302. The number of rotatable bonds is 7. The standard InChI is InChI=1S/C25H21ClN6/c26-20-8-6-19(7-9-20)24-23(18-10-12-27-13-11-18)22(31-32-24)14-21-16-29-25(30-21)28-15-17-4-2-1-3-5-17/h1-13,16H,14-15H2,(H,31,32)(H2,28,29,30). The first-order valence-corrected chi connectivity index (χ1v) is 10.7. The Bertz CT molecular complexity index is 1290. The second kappa shape index (κ2) is 9.08. The number of pyridine rings is 1. The van der Waals surface area contributed by atoms with Gasteiger partial charge >= 0.3 is 0 Å². The maximum absolute atomic E-state index is 6.08. The second-order valence-corrected chi connectivity index (χ2v) is 7.86. The Morgan fingerprint density at radius 2 is 1.66 bits per heavy atom. The third kappa shape index (κ3) is 4.40. The van der Waals surface area contributed by atoms with Gasteiger partial charge in [-0.3, -0.25) is 10.1 Å². The molecule has 0 fully saturated rings. The second-order valence-electron chi connectivity index (χ2n) is 7.42. The predicted molar refractivity (Wildman–Crippen MR) is 127 cm³/mol. The lowest BCUT2D eigenvalue weighted by Crippen LogP contribution is -2.01. The van der Waals surface area contributed by atoms with Gasteiger partial charge < -0.3 is 10.3 Å². The van der Waals surface area contributed by atoms with Crippen LogP contribution in [-0.4, -0.2) is 25.1 Å². The van der Waals surface area contributed by atoms with Gasteiger partial charge in [0.2, 0.25) is 5.95 Å². The Morgan fingerprint density at radius 3 is 2.44 bits per heavy atom. The molecule has 0 saturated carbocycles. The van der Waals surface area contributed by atoms with Gasteiger partial charge in [0, 0.05) is 53.4 Å². The van der Waals surface area contributed by atoms with Gasteiger partial charge in [0.05, 0.1) is 5.69 Å². The molecular formula is C25H21ClN6. The van der Waals surface area contributed by atoms with E-state index in [2.05, 4.69) is 37.6 Å². The molecule has 0 spiro atoms. The zero-order chi connectivity index (χ0) is 21.8. The molecule has 6 nitrogen and oxygen atoms in total. The maximum atomic E-state index is 6.08. The van der Waals surface area contributed by atoms with E-state index in [1.807, 2.05) is 60.8 Å². The molecule has 3 N–H and O–H groups in total. The van der Waals surface area contributed by atoms with Crippen molar-refractivity contribution in [2.45, 2.75) is 13.0 Å². The zero-order valence-electron chi connectivity index (χ0n) is 17.2.